The zero-order valence-corrected chi connectivity index (χ0v) is 92.7. The van der Waals surface area contributed by atoms with Gasteiger partial charge < -0.3 is 68.7 Å². The molecule has 18 nitrogen and oxygen atoms in total. The summed E-state index contributed by atoms with van der Waals surface area (Å²) in [4.78, 5) is 58.6. The third-order valence-electron chi connectivity index (χ3n) is 21.4. The molecule has 7 aliphatic rings. The van der Waals surface area contributed by atoms with Crippen LogP contribution in [0, 0.1) is 77.7 Å². The molecule has 0 fully saturated rings. The molecule has 0 atom stereocenters. The molecule has 8 aromatic carbocycles. The van der Waals surface area contributed by atoms with E-state index in [1.807, 2.05) is 347 Å². The number of aromatic nitrogens is 7. The second-order valence-electron chi connectivity index (χ2n) is 31.4. The Morgan fingerprint density at radius 3 is 0.903 bits per heavy atom. The van der Waals surface area contributed by atoms with Crippen molar-refractivity contribution in [3.63, 3.8) is 0 Å². The molecule has 0 saturated carbocycles. The number of aryl methyl sites for hydroxylation is 4. The van der Waals surface area contributed by atoms with E-state index in [4.69, 9.17) is 5.11 Å². The SMILES string of the molecule is CC(=O)C=C(C)O.CN1[CH-]N(c2[c-]cccc2)c2ccccc21.CN1[CH-]N(c2[c-]cccc2)c2ccccc21.Cc1cccc(C)c1B1C=CC=[C-]N1c1ccccn1.Cc1cccc(C)c1B1C=CC=[C-]N1c1ccccn1.[B]1C=CC=CN1c1ccccn1.[B]1C=CC=CN1c1ccccn1.[B]1C=CC=CN1c1ccccn1.[Ir+3].[Ir+3].[Ir].[Ir].[Ir].[c-]1ccccc1-c1ccccn1.[c-]1ccccc1-c1ccccn1. The van der Waals surface area contributed by atoms with Crippen LogP contribution in [-0.2, 0) is 105 Å². The summed E-state index contributed by atoms with van der Waals surface area (Å²) < 4.78 is 0. The molecule has 7 aromatic heterocycles. The summed E-state index contributed by atoms with van der Waals surface area (Å²) in [6.45, 7) is 15.9. The first kappa shape index (κ1) is 115. The molecule has 0 bridgehead atoms. The normalized spacial score (nSPS) is 12.8. The zero-order valence-electron chi connectivity index (χ0n) is 80.7. The maximum Gasteiger partial charge on any atom is 3.00 e. The Morgan fingerprint density at radius 1 is 0.340 bits per heavy atom. The number of carbonyl (C=O) groups excluding carboxylic acids is 1. The molecule has 0 spiro atoms. The monoisotopic (exact) mass is 2770 g/mol. The van der Waals surface area contributed by atoms with Crippen molar-refractivity contribution in [1.29, 1.82) is 0 Å². The smallest absolute Gasteiger partial charge is 0.512 e. The van der Waals surface area contributed by atoms with Crippen LogP contribution in [-0.4, -0.2) is 95.8 Å². The van der Waals surface area contributed by atoms with Gasteiger partial charge in [-0.1, -0.05) is 186 Å². The van der Waals surface area contributed by atoms with Gasteiger partial charge in [0.25, 0.3) is 35.9 Å². The van der Waals surface area contributed by atoms with Crippen LogP contribution >= 0.6 is 0 Å². The van der Waals surface area contributed by atoms with Crippen LogP contribution in [0.2, 0.25) is 0 Å². The quantitative estimate of drug-likeness (QED) is 0.0533. The molecular formula is C116H104B5Ir5N16O2-2. The van der Waals surface area contributed by atoms with E-state index < -0.39 is 0 Å². The number of pyridine rings is 7. The van der Waals surface area contributed by atoms with Gasteiger partial charge in [-0.2, -0.15) is 98.3 Å². The fourth-order valence-electron chi connectivity index (χ4n) is 14.9. The Morgan fingerprint density at radius 2 is 0.639 bits per heavy atom. The van der Waals surface area contributed by atoms with Crippen molar-refractivity contribution in [2.45, 2.75) is 41.5 Å². The Labute approximate surface area is 920 Å². The summed E-state index contributed by atoms with van der Waals surface area (Å²) in [5.74, 6) is 14.9. The molecular weight excluding hydrogens is 2660 g/mol. The number of allylic oxidation sites excluding steroid dienone is 12. The average Bonchev–Trinajstić information content (AvgIpc) is 1.63. The number of benzene rings is 8. The first-order valence-corrected chi connectivity index (χ1v) is 45.4. The molecule has 7 aliphatic heterocycles. The first-order valence-electron chi connectivity index (χ1n) is 45.4. The summed E-state index contributed by atoms with van der Waals surface area (Å²) in [5, 5.41) is 8.36. The second kappa shape index (κ2) is 63.3. The summed E-state index contributed by atoms with van der Waals surface area (Å²) in [7, 11) is 10.0. The number of para-hydroxylation sites is 6. The van der Waals surface area contributed by atoms with Gasteiger partial charge in [-0.3, -0.25) is 4.79 Å². The number of hydrogen-bond acceptors (Lipinski definition) is 18. The molecule has 144 heavy (non-hydrogen) atoms. The number of carbonyl (C=O) groups is 1. The molecule has 1 N–H and O–H groups in total. The number of nitrogens with zero attached hydrogens (tertiary/aromatic N) is 16. The van der Waals surface area contributed by atoms with Crippen LogP contribution in [0.25, 0.3) is 22.5 Å². The van der Waals surface area contributed by atoms with Crippen LogP contribution in [0.4, 0.5) is 63.2 Å². The largest absolute Gasteiger partial charge is 3.00 e. The van der Waals surface area contributed by atoms with Gasteiger partial charge in [-0.15, -0.1) is 108 Å². The van der Waals surface area contributed by atoms with Crippen LogP contribution in [0.15, 0.2) is 474 Å². The summed E-state index contributed by atoms with van der Waals surface area (Å²) >= 11 is 0. The summed E-state index contributed by atoms with van der Waals surface area (Å²) in [6, 6.07) is 115. The Bertz CT molecular complexity index is 6090. The minimum atomic E-state index is -0.125. The van der Waals surface area contributed by atoms with E-state index in [9.17, 15) is 4.79 Å². The van der Waals surface area contributed by atoms with Crippen LogP contribution in [0.3, 0.4) is 0 Å². The Kier molecular flexibility index (Phi) is 50.7. The van der Waals surface area contributed by atoms with Crippen LogP contribution < -0.4 is 54.6 Å². The average molecular weight is 2770 g/mol. The van der Waals surface area contributed by atoms with Gasteiger partial charge in [0.1, 0.15) is 17.5 Å². The van der Waals surface area contributed by atoms with Gasteiger partial charge in [0, 0.05) is 144 Å². The molecule has 0 amide bonds. The molecule has 722 valence electrons. The van der Waals surface area contributed by atoms with Crippen molar-refractivity contribution in [3.8, 4) is 22.5 Å². The maximum atomic E-state index is 10.0. The number of ketones is 1. The maximum absolute atomic E-state index is 10.0. The van der Waals surface area contributed by atoms with Crippen molar-refractivity contribution < 1.29 is 110 Å². The van der Waals surface area contributed by atoms with E-state index in [1.54, 1.807) is 31.0 Å². The topological polar surface area (TPSA) is 157 Å². The molecule has 0 unspecified atom stereocenters. The molecule has 0 saturated heterocycles. The standard InChI is InChI=1S/2C17H16BN2.2C14H12N2.2C11H8N.3C9H8BN2.C5H8O2.5Ir/c2*1-14-8-7-9-15(2)17(14)18-11-4-6-13-20(18)16-10-3-5-12-19-16;2*1-15-11-16(12-7-3-2-4-8-12)14-10-6-5-9-13(14)15;2*1-2-6-10(7-3-1)11-8-4-5-9-12-11;3*1-3-7-11-9(5-1)12-8-4-2-6-10-12;1-4(6)3-5(2)7;;;;;/h2*3-12H,1-2H3;2*2-7,9-11H,1H3;2*1-6,8-9H;3*1-8H;3,6H,1-2H3;;;;;/q2*-1;2*-2;2*-1;;;;;;;;2*+3. The van der Waals surface area contributed by atoms with E-state index in [2.05, 4.69) is 277 Å². The minimum Gasteiger partial charge on any atom is -0.512 e. The number of hydrogen-bond donors (Lipinski definition) is 1. The van der Waals surface area contributed by atoms with Gasteiger partial charge in [0.2, 0.25) is 0 Å². The van der Waals surface area contributed by atoms with Crippen LogP contribution in [0.1, 0.15) is 36.1 Å². The Balaban J connectivity index is 0.000000197. The van der Waals surface area contributed by atoms with Gasteiger partial charge >= 0.3 is 40.2 Å². The third-order valence-corrected chi connectivity index (χ3v) is 21.4. The van der Waals surface area contributed by atoms with E-state index in [0.717, 1.165) is 63.0 Å². The van der Waals surface area contributed by atoms with Crippen molar-refractivity contribution >= 4 is 116 Å². The van der Waals surface area contributed by atoms with Gasteiger partial charge in [-0.05, 0) is 200 Å². The molecule has 6 radical (unpaired) electrons. The van der Waals surface area contributed by atoms with Crippen molar-refractivity contribution in [2.24, 2.45) is 0 Å². The number of rotatable bonds is 12. The zero-order chi connectivity index (χ0) is 96.8. The Hall–Kier alpha value is -13.8. The van der Waals surface area contributed by atoms with Crippen molar-refractivity contribution in [3.05, 3.63) is 546 Å². The van der Waals surface area contributed by atoms with Crippen molar-refractivity contribution in [1.82, 2.24) is 34.9 Å². The van der Waals surface area contributed by atoms with E-state index in [1.165, 1.54) is 75.9 Å². The van der Waals surface area contributed by atoms with Gasteiger partial charge in [-0.25, -0.2) is 15.0 Å². The molecule has 14 heterocycles. The van der Waals surface area contributed by atoms with Gasteiger partial charge in [0.05, 0.1) is 5.76 Å². The predicted octanol–water partition coefficient (Wildman–Crippen LogP) is 22.8. The molecule has 22 rings (SSSR count). The van der Waals surface area contributed by atoms with E-state index in [0.29, 0.717) is 0 Å². The minimum absolute atomic E-state index is 0. The van der Waals surface area contributed by atoms with Crippen LogP contribution in [0.5, 0.6) is 0 Å². The summed E-state index contributed by atoms with van der Waals surface area (Å²) in [5.41, 5.74) is 18.8. The number of anilines is 11. The fraction of sp³-hybridized carbons (Fsp3) is 0.0690. The molecule has 15 aromatic rings. The fourth-order valence-corrected chi connectivity index (χ4v) is 14.9. The molecule has 0 aliphatic carbocycles. The van der Waals surface area contributed by atoms with E-state index >= 15 is 0 Å². The predicted molar refractivity (Wildman–Crippen MR) is 579 cm³/mol. The van der Waals surface area contributed by atoms with E-state index in [-0.39, 0.29) is 126 Å². The first-order chi connectivity index (χ1) is 68.2. The summed E-state index contributed by atoms with van der Waals surface area (Å²) in [6.07, 6.45) is 46.1. The second-order valence-corrected chi connectivity index (χ2v) is 31.4. The number of fused-ring (bicyclic) bond motifs is 2. The number of aliphatic hydroxyl groups excluding tert-OH is 1. The van der Waals surface area contributed by atoms with Gasteiger partial charge in [0.15, 0.2) is 5.78 Å². The van der Waals surface area contributed by atoms with Crippen molar-refractivity contribution in [2.75, 3.05) is 57.7 Å². The number of aliphatic hydroxyl groups is 1. The third kappa shape index (κ3) is 35.4. The molecule has 28 heteroatoms.